The van der Waals surface area contributed by atoms with Crippen molar-refractivity contribution in [1.29, 1.82) is 0 Å². The first-order valence-corrected chi connectivity index (χ1v) is 12.9. The van der Waals surface area contributed by atoms with Gasteiger partial charge in [-0.15, -0.1) is 0 Å². The summed E-state index contributed by atoms with van der Waals surface area (Å²) >= 11 is 0. The van der Waals surface area contributed by atoms with Crippen LogP contribution in [0.5, 0.6) is 0 Å². The smallest absolute Gasteiger partial charge is 0.333 e. The maximum atomic E-state index is 13.5. The fourth-order valence-corrected chi connectivity index (χ4v) is 6.33. The average Bonchev–Trinajstić information content (AvgIpc) is 3.01. The van der Waals surface area contributed by atoms with Crippen molar-refractivity contribution in [3.63, 3.8) is 0 Å². The van der Waals surface area contributed by atoms with Crippen LogP contribution >= 0.6 is 7.60 Å². The van der Waals surface area contributed by atoms with Crippen LogP contribution in [-0.4, -0.2) is 62.0 Å². The van der Waals surface area contributed by atoms with Crippen LogP contribution in [0, 0.1) is 0 Å². The maximum absolute atomic E-state index is 13.5. The minimum absolute atomic E-state index is 0.0230. The number of benzene rings is 1. The largest absolute Gasteiger partial charge is 0.365 e. The number of ether oxygens (including phenoxy) is 5. The molecule has 0 aromatic heterocycles. The third-order valence-corrected chi connectivity index (χ3v) is 7.39. The van der Waals surface area contributed by atoms with Gasteiger partial charge in [-0.05, 0) is 47.1 Å². The molecule has 0 unspecified atom stereocenters. The maximum Gasteiger partial charge on any atom is 0.333 e. The van der Waals surface area contributed by atoms with Gasteiger partial charge in [0.25, 0.3) is 0 Å². The highest BCUT2D eigenvalue weighted by Gasteiger charge is 2.57. The summed E-state index contributed by atoms with van der Waals surface area (Å²) in [7, 11) is -1.92. The molecule has 2 fully saturated rings. The first kappa shape index (κ1) is 25.8. The number of hydrogen-bond acceptors (Lipinski definition) is 8. The zero-order valence-electron chi connectivity index (χ0n) is 20.1. The molecule has 32 heavy (non-hydrogen) atoms. The number of methoxy groups -OCH3 is 1. The van der Waals surface area contributed by atoms with Crippen molar-refractivity contribution in [1.82, 2.24) is 0 Å². The van der Waals surface area contributed by atoms with Gasteiger partial charge in [0.15, 0.2) is 12.1 Å². The molecule has 2 saturated heterocycles. The normalized spacial score (nSPS) is 30.1. The van der Waals surface area contributed by atoms with E-state index >= 15 is 0 Å². The van der Waals surface area contributed by atoms with Crippen LogP contribution in [0.25, 0.3) is 0 Å². The Morgan fingerprint density at radius 1 is 1.00 bits per heavy atom. The highest BCUT2D eigenvalue weighted by Crippen LogP contribution is 2.53. The Labute approximate surface area is 191 Å². The van der Waals surface area contributed by atoms with E-state index in [4.69, 9.17) is 32.7 Å². The van der Waals surface area contributed by atoms with Gasteiger partial charge < -0.3 is 32.7 Å². The molecule has 0 amide bonds. The molecule has 0 spiro atoms. The molecule has 2 aliphatic heterocycles. The minimum atomic E-state index is -3.47. The average molecular weight is 473 g/mol. The highest BCUT2D eigenvalue weighted by atomic mass is 31.2. The summed E-state index contributed by atoms with van der Waals surface area (Å²) in [6.07, 6.45) is -3.37. The molecular formula is C23H37O8P. The summed E-state index contributed by atoms with van der Waals surface area (Å²) in [6.45, 7) is 11.3. The van der Waals surface area contributed by atoms with E-state index < -0.39 is 44.1 Å². The van der Waals surface area contributed by atoms with E-state index in [0.717, 1.165) is 5.56 Å². The van der Waals surface area contributed by atoms with Crippen LogP contribution in [0.1, 0.15) is 47.1 Å². The molecule has 0 radical (unpaired) electrons. The number of hydrogen-bond donors (Lipinski definition) is 0. The van der Waals surface area contributed by atoms with Crippen molar-refractivity contribution in [3.8, 4) is 0 Å². The summed E-state index contributed by atoms with van der Waals surface area (Å²) < 4.78 is 55.5. The van der Waals surface area contributed by atoms with E-state index in [1.54, 1.807) is 7.11 Å². The Bertz CT molecular complexity index is 755. The van der Waals surface area contributed by atoms with E-state index in [1.165, 1.54) is 0 Å². The quantitative estimate of drug-likeness (QED) is 0.460. The lowest BCUT2D eigenvalue weighted by atomic mass is 9.99. The zero-order valence-corrected chi connectivity index (χ0v) is 21.0. The molecule has 182 valence electrons. The Kier molecular flexibility index (Phi) is 8.56. The first-order valence-electron chi connectivity index (χ1n) is 11.2. The third kappa shape index (κ3) is 6.61. The van der Waals surface area contributed by atoms with Gasteiger partial charge in [0, 0.05) is 7.11 Å². The van der Waals surface area contributed by atoms with E-state index in [0.29, 0.717) is 6.61 Å². The van der Waals surface area contributed by atoms with Crippen molar-refractivity contribution in [3.05, 3.63) is 35.9 Å². The zero-order chi connectivity index (χ0) is 23.5. The summed E-state index contributed by atoms with van der Waals surface area (Å²) in [5.41, 5.74) is 1.03. The Balaban J connectivity index is 1.81. The van der Waals surface area contributed by atoms with Gasteiger partial charge in [-0.1, -0.05) is 30.3 Å². The van der Waals surface area contributed by atoms with Crippen LogP contribution in [0.2, 0.25) is 0 Å². The van der Waals surface area contributed by atoms with Crippen LogP contribution in [-0.2, 0) is 43.9 Å². The van der Waals surface area contributed by atoms with Crippen LogP contribution in [0.4, 0.5) is 0 Å². The molecule has 8 nitrogen and oxygen atoms in total. The lowest BCUT2D eigenvalue weighted by Gasteiger charge is -2.42. The highest BCUT2D eigenvalue weighted by molar-refractivity contribution is 7.53. The Hall–Kier alpha value is -0.830. The SMILES string of the molecule is CO[C@@H]1O[C@H](CP(=O)(OC(C)C)OC(C)C)[C@@H]2OC(C)(C)O[C@@H]2[C@H]1OCc1ccccc1. The fraction of sp³-hybridized carbons (Fsp3) is 0.739. The summed E-state index contributed by atoms with van der Waals surface area (Å²) in [6, 6.07) is 9.86. The predicted octanol–water partition coefficient (Wildman–Crippen LogP) is 4.51. The lowest BCUT2D eigenvalue weighted by molar-refractivity contribution is -0.278. The Morgan fingerprint density at radius 3 is 2.16 bits per heavy atom. The summed E-state index contributed by atoms with van der Waals surface area (Å²) in [4.78, 5) is 0. The van der Waals surface area contributed by atoms with Crippen molar-refractivity contribution in [2.24, 2.45) is 0 Å². The lowest BCUT2D eigenvalue weighted by Crippen LogP contribution is -2.58. The van der Waals surface area contributed by atoms with Gasteiger partial charge >= 0.3 is 7.60 Å². The van der Waals surface area contributed by atoms with Crippen molar-refractivity contribution in [2.45, 2.75) is 96.9 Å². The fourth-order valence-electron chi connectivity index (χ4n) is 4.09. The molecular weight excluding hydrogens is 435 g/mol. The van der Waals surface area contributed by atoms with Crippen molar-refractivity contribution in [2.75, 3.05) is 13.3 Å². The summed E-state index contributed by atoms with van der Waals surface area (Å²) in [5, 5.41) is 0. The number of rotatable bonds is 10. The van der Waals surface area contributed by atoms with Crippen LogP contribution in [0.3, 0.4) is 0 Å². The first-order chi connectivity index (χ1) is 15.0. The van der Waals surface area contributed by atoms with Crippen molar-refractivity contribution < 1.29 is 37.3 Å². The second-order valence-electron chi connectivity index (χ2n) is 9.21. The summed E-state index contributed by atoms with van der Waals surface area (Å²) in [5.74, 6) is -0.851. The molecule has 0 aliphatic carbocycles. The van der Waals surface area contributed by atoms with Crippen LogP contribution < -0.4 is 0 Å². The van der Waals surface area contributed by atoms with Gasteiger partial charge in [-0.2, -0.15) is 0 Å². The van der Waals surface area contributed by atoms with E-state index in [-0.39, 0.29) is 18.4 Å². The molecule has 0 saturated carbocycles. The third-order valence-electron chi connectivity index (χ3n) is 5.09. The topological polar surface area (TPSA) is 81.7 Å². The molecule has 9 heteroatoms. The molecule has 0 bridgehead atoms. The van der Waals surface area contributed by atoms with Crippen molar-refractivity contribution >= 4 is 7.60 Å². The monoisotopic (exact) mass is 472 g/mol. The Morgan fingerprint density at radius 2 is 1.59 bits per heavy atom. The molecule has 1 aromatic rings. The minimum Gasteiger partial charge on any atom is -0.365 e. The molecule has 2 heterocycles. The molecule has 1 aromatic carbocycles. The van der Waals surface area contributed by atoms with E-state index in [1.807, 2.05) is 71.9 Å². The van der Waals surface area contributed by atoms with E-state index in [2.05, 4.69) is 0 Å². The second-order valence-corrected chi connectivity index (χ2v) is 11.2. The standard InChI is InChI=1S/C23H37O8P/c1-15(2)30-32(24,31-16(3)4)14-18-19-20(29-23(5,6)28-19)21(22(25-7)27-18)26-13-17-11-9-8-10-12-17/h8-12,15-16,18-22H,13-14H2,1-7H3/t18-,19+,20+,21-,22-/m1/s1. The molecule has 0 N–H and O–H groups in total. The van der Waals surface area contributed by atoms with Gasteiger partial charge in [-0.25, -0.2) is 0 Å². The van der Waals surface area contributed by atoms with Gasteiger partial charge in [-0.3, -0.25) is 4.57 Å². The van der Waals surface area contributed by atoms with Gasteiger partial charge in [0.05, 0.1) is 25.0 Å². The predicted molar refractivity (Wildman–Crippen MR) is 119 cm³/mol. The van der Waals surface area contributed by atoms with E-state index in [9.17, 15) is 4.57 Å². The molecule has 2 aliphatic rings. The van der Waals surface area contributed by atoms with Crippen LogP contribution in [0.15, 0.2) is 30.3 Å². The second kappa shape index (κ2) is 10.6. The van der Waals surface area contributed by atoms with Gasteiger partial charge in [0.2, 0.25) is 0 Å². The molecule has 5 atom stereocenters. The number of fused-ring (bicyclic) bond motifs is 1. The van der Waals surface area contributed by atoms with Gasteiger partial charge in [0.1, 0.15) is 24.4 Å². The molecule has 3 rings (SSSR count).